The van der Waals surface area contributed by atoms with E-state index >= 15 is 0 Å². The molecule has 5 unspecified atom stereocenters. The highest BCUT2D eigenvalue weighted by molar-refractivity contribution is 6.41. The Morgan fingerprint density at radius 2 is 1.57 bits per heavy atom. The Morgan fingerprint density at radius 3 is 1.96 bits per heavy atom. The second-order valence-electron chi connectivity index (χ2n) is 4.91. The number of primary amides is 1. The van der Waals surface area contributed by atoms with Gasteiger partial charge in [-0.25, -0.2) is 0 Å². The number of amides is 2. The Kier molecular flexibility index (Phi) is 8.50. The van der Waals surface area contributed by atoms with E-state index in [9.17, 15) is 34.5 Å². The number of rotatable bonds is 10. The first kappa shape index (κ1) is 21.1. The van der Waals surface area contributed by atoms with Crippen LogP contribution >= 0.6 is 0 Å². The zero-order valence-corrected chi connectivity index (χ0v) is 12.4. The fourth-order valence-electron chi connectivity index (χ4n) is 1.70. The fraction of sp³-hybridized carbons (Fsp3) is 0.667. The molecule has 5 atom stereocenters. The summed E-state index contributed by atoms with van der Waals surface area (Å²) in [4.78, 5) is 45.7. The number of carbonyl (C=O) groups excluding carboxylic acids is 4. The van der Waals surface area contributed by atoms with Gasteiger partial charge in [0.15, 0.2) is 0 Å². The average Bonchev–Trinajstić information content (AvgIpc) is 2.47. The third kappa shape index (κ3) is 6.38. The fourth-order valence-corrected chi connectivity index (χ4v) is 1.70. The number of nitrogens with one attached hydrogen (secondary N) is 1. The summed E-state index contributed by atoms with van der Waals surface area (Å²) in [7, 11) is 0. The van der Waals surface area contributed by atoms with Crippen molar-refractivity contribution in [1.29, 1.82) is 0 Å². The standard InChI is InChI=1S/C12H21N3O8/c1-4(17)15-8(12(23)10(21)6(18)3-16)11(22)9(20)5(13)2-7(14)19/h5-6,8,10,12,16,18,21,23H,2-3,13H2,1H3,(H2,14,19)(H,15,17). The number of hydrogen-bond donors (Lipinski definition) is 7. The van der Waals surface area contributed by atoms with Crippen LogP contribution in [-0.2, 0) is 19.2 Å². The highest BCUT2D eigenvalue weighted by Crippen LogP contribution is 2.08. The molecule has 0 bridgehead atoms. The maximum Gasteiger partial charge on any atom is 0.225 e. The van der Waals surface area contributed by atoms with Crippen LogP contribution in [0.25, 0.3) is 0 Å². The predicted molar refractivity (Wildman–Crippen MR) is 74.5 cm³/mol. The molecular formula is C12H21N3O8. The molecule has 0 aromatic heterocycles. The maximum atomic E-state index is 12.0. The second kappa shape index (κ2) is 9.27. The molecule has 0 aromatic carbocycles. The van der Waals surface area contributed by atoms with Crippen molar-refractivity contribution in [2.75, 3.05) is 6.61 Å². The minimum Gasteiger partial charge on any atom is -0.394 e. The van der Waals surface area contributed by atoms with Crippen molar-refractivity contribution in [3.8, 4) is 0 Å². The third-order valence-corrected chi connectivity index (χ3v) is 2.91. The van der Waals surface area contributed by atoms with E-state index in [1.54, 1.807) is 0 Å². The van der Waals surface area contributed by atoms with E-state index in [1.165, 1.54) is 0 Å². The zero-order valence-electron chi connectivity index (χ0n) is 12.4. The van der Waals surface area contributed by atoms with Gasteiger partial charge in [0.2, 0.25) is 23.4 Å². The first-order valence-corrected chi connectivity index (χ1v) is 6.57. The van der Waals surface area contributed by atoms with Crippen molar-refractivity contribution in [3.05, 3.63) is 0 Å². The molecule has 0 radical (unpaired) electrons. The van der Waals surface area contributed by atoms with Crippen LogP contribution in [0.15, 0.2) is 0 Å². The summed E-state index contributed by atoms with van der Waals surface area (Å²) in [6, 6.07) is -3.50. The van der Waals surface area contributed by atoms with Crippen molar-refractivity contribution in [1.82, 2.24) is 5.32 Å². The van der Waals surface area contributed by atoms with E-state index in [2.05, 4.69) is 0 Å². The molecule has 0 aliphatic carbocycles. The van der Waals surface area contributed by atoms with Gasteiger partial charge in [-0.05, 0) is 0 Å². The molecule has 9 N–H and O–H groups in total. The molecule has 0 fully saturated rings. The quantitative estimate of drug-likeness (QED) is 0.190. The largest absolute Gasteiger partial charge is 0.394 e. The molecule has 132 valence electrons. The van der Waals surface area contributed by atoms with E-state index in [0.717, 1.165) is 6.92 Å². The number of aliphatic hydroxyl groups excluding tert-OH is 4. The Labute approximate surface area is 131 Å². The number of nitrogens with two attached hydrogens (primary N) is 2. The van der Waals surface area contributed by atoms with E-state index in [4.69, 9.17) is 16.6 Å². The van der Waals surface area contributed by atoms with Crippen LogP contribution in [0.2, 0.25) is 0 Å². The molecule has 0 saturated heterocycles. The van der Waals surface area contributed by atoms with Crippen LogP contribution in [0.3, 0.4) is 0 Å². The SMILES string of the molecule is CC(=O)NC(C(=O)C(=O)C(N)CC(N)=O)C(O)C(O)C(O)CO. The summed E-state index contributed by atoms with van der Waals surface area (Å²) in [6.07, 6.45) is -6.57. The van der Waals surface area contributed by atoms with Crippen molar-refractivity contribution >= 4 is 23.4 Å². The molecule has 0 spiro atoms. The Balaban J connectivity index is 5.30. The summed E-state index contributed by atoms with van der Waals surface area (Å²) >= 11 is 0. The van der Waals surface area contributed by atoms with Crippen molar-refractivity contribution in [3.63, 3.8) is 0 Å². The van der Waals surface area contributed by atoms with Gasteiger partial charge in [-0.3, -0.25) is 19.2 Å². The minimum atomic E-state index is -2.10. The number of hydrogen-bond acceptors (Lipinski definition) is 9. The maximum absolute atomic E-state index is 12.0. The molecule has 0 rings (SSSR count). The molecule has 11 nitrogen and oxygen atoms in total. The Morgan fingerprint density at radius 1 is 1.04 bits per heavy atom. The first-order chi connectivity index (χ1) is 10.5. The number of ketones is 2. The molecule has 11 heteroatoms. The summed E-state index contributed by atoms with van der Waals surface area (Å²) < 4.78 is 0. The van der Waals surface area contributed by atoms with Crippen LogP contribution in [0.4, 0.5) is 0 Å². The molecule has 23 heavy (non-hydrogen) atoms. The molecule has 0 aliphatic heterocycles. The van der Waals surface area contributed by atoms with Gasteiger partial charge in [0.05, 0.1) is 12.6 Å². The van der Waals surface area contributed by atoms with Gasteiger partial charge in [0, 0.05) is 13.3 Å². The van der Waals surface area contributed by atoms with Gasteiger partial charge in [-0.15, -0.1) is 0 Å². The highest BCUT2D eigenvalue weighted by Gasteiger charge is 2.40. The molecule has 0 aromatic rings. The number of carbonyl (C=O) groups is 4. The normalized spacial score (nSPS) is 17.5. The summed E-state index contributed by atoms with van der Waals surface area (Å²) in [5.41, 5.74) is 10.2. The van der Waals surface area contributed by atoms with Crippen LogP contribution in [0.5, 0.6) is 0 Å². The Hall–Kier alpha value is -1.92. The second-order valence-corrected chi connectivity index (χ2v) is 4.91. The molecule has 0 heterocycles. The third-order valence-electron chi connectivity index (χ3n) is 2.91. The van der Waals surface area contributed by atoms with Gasteiger partial charge in [-0.2, -0.15) is 0 Å². The smallest absolute Gasteiger partial charge is 0.225 e. The van der Waals surface area contributed by atoms with E-state index in [-0.39, 0.29) is 0 Å². The van der Waals surface area contributed by atoms with Crippen molar-refractivity contribution in [2.24, 2.45) is 11.5 Å². The lowest BCUT2D eigenvalue weighted by Gasteiger charge is -2.28. The number of aliphatic hydroxyl groups is 4. The van der Waals surface area contributed by atoms with Crippen LogP contribution in [-0.4, -0.2) is 80.8 Å². The number of Topliss-reactive ketones (excluding diaryl/α,β-unsaturated/α-hetero) is 2. The minimum absolute atomic E-state index is 0.630. The summed E-state index contributed by atoms with van der Waals surface area (Å²) in [5.74, 6) is -4.44. The zero-order chi connectivity index (χ0) is 18.3. The van der Waals surface area contributed by atoms with Crippen LogP contribution in [0, 0.1) is 0 Å². The van der Waals surface area contributed by atoms with Gasteiger partial charge in [-0.1, -0.05) is 0 Å². The highest BCUT2D eigenvalue weighted by atomic mass is 16.4. The summed E-state index contributed by atoms with van der Waals surface area (Å²) in [6.45, 7) is 0.0456. The lowest BCUT2D eigenvalue weighted by molar-refractivity contribution is -0.146. The van der Waals surface area contributed by atoms with Crippen LogP contribution in [0.1, 0.15) is 13.3 Å². The van der Waals surface area contributed by atoms with Crippen LogP contribution < -0.4 is 16.8 Å². The topological polar surface area (TPSA) is 213 Å². The average molecular weight is 335 g/mol. The van der Waals surface area contributed by atoms with Gasteiger partial charge in [0.1, 0.15) is 24.4 Å². The van der Waals surface area contributed by atoms with Crippen molar-refractivity contribution in [2.45, 2.75) is 43.7 Å². The lowest BCUT2D eigenvalue weighted by atomic mass is 9.93. The molecule has 2 amide bonds. The van der Waals surface area contributed by atoms with E-state index in [1.807, 2.05) is 5.32 Å². The van der Waals surface area contributed by atoms with Gasteiger partial charge in [0.25, 0.3) is 0 Å². The van der Waals surface area contributed by atoms with Gasteiger partial charge < -0.3 is 37.2 Å². The molecule has 0 saturated carbocycles. The van der Waals surface area contributed by atoms with E-state index < -0.39 is 66.8 Å². The summed E-state index contributed by atoms with van der Waals surface area (Å²) in [5, 5.41) is 39.4. The van der Waals surface area contributed by atoms with Gasteiger partial charge >= 0.3 is 0 Å². The monoisotopic (exact) mass is 335 g/mol. The molecular weight excluding hydrogens is 314 g/mol. The van der Waals surface area contributed by atoms with E-state index in [0.29, 0.717) is 0 Å². The van der Waals surface area contributed by atoms with Crippen molar-refractivity contribution < 1.29 is 39.6 Å². The first-order valence-electron chi connectivity index (χ1n) is 6.57. The lowest BCUT2D eigenvalue weighted by Crippen LogP contribution is -2.59. The molecule has 0 aliphatic rings. The Bertz CT molecular complexity index is 469. The predicted octanol–water partition coefficient (Wildman–Crippen LogP) is -5.09.